The summed E-state index contributed by atoms with van der Waals surface area (Å²) in [7, 11) is 5.93. The smallest absolute Gasteiger partial charge is 0.410 e. The van der Waals surface area contributed by atoms with Gasteiger partial charge < -0.3 is 65.6 Å². The van der Waals surface area contributed by atoms with Crippen molar-refractivity contribution in [2.75, 3.05) is 51.6 Å². The third-order valence-corrected chi connectivity index (χ3v) is 17.3. The van der Waals surface area contributed by atoms with Gasteiger partial charge >= 0.3 is 24.2 Å². The molecule has 88 heavy (non-hydrogen) atoms. The van der Waals surface area contributed by atoms with Crippen LogP contribution in [0.2, 0.25) is 9.80 Å². The third-order valence-electron chi connectivity index (χ3n) is 16.4. The predicted molar refractivity (Wildman–Crippen MR) is 325 cm³/mol. The van der Waals surface area contributed by atoms with E-state index >= 15 is 0 Å². The molecule has 7 N–H and O–H groups in total. The van der Waals surface area contributed by atoms with E-state index in [2.05, 4.69) is 42.9 Å². The minimum atomic E-state index is -1.27. The van der Waals surface area contributed by atoms with Crippen molar-refractivity contribution in [1.29, 1.82) is 0 Å². The Labute approximate surface area is 526 Å². The fourth-order valence-corrected chi connectivity index (χ4v) is 11.5. The van der Waals surface area contributed by atoms with Crippen molar-refractivity contribution in [3.8, 4) is 5.75 Å². The molecule has 27 heteroatoms. The lowest BCUT2D eigenvalue weighted by Crippen LogP contribution is -2.54. The molecule has 2 aromatic rings. The molecule has 25 nitrogen and oxygen atoms in total. The summed E-state index contributed by atoms with van der Waals surface area (Å²) in [4.78, 5) is 135. The Morgan fingerprint density at radius 1 is 0.966 bits per heavy atom. The number of benzene rings is 2. The molecule has 4 aliphatic heterocycles. The van der Waals surface area contributed by atoms with Crippen molar-refractivity contribution in [2.24, 2.45) is 17.6 Å². The maximum Gasteiger partial charge on any atom is 0.410 e. The van der Waals surface area contributed by atoms with Crippen LogP contribution in [0.4, 0.5) is 25.8 Å². The number of amides is 10. The van der Waals surface area contributed by atoms with Crippen LogP contribution in [0, 0.1) is 11.8 Å². The first-order chi connectivity index (χ1) is 41.6. The lowest BCUT2D eigenvalue weighted by molar-refractivity contribution is -0.158. The van der Waals surface area contributed by atoms with Gasteiger partial charge in [-0.15, -0.1) is 0 Å². The van der Waals surface area contributed by atoms with Gasteiger partial charge in [-0.05, 0) is 99.0 Å². The molecule has 0 aromatic heterocycles. The van der Waals surface area contributed by atoms with Crippen molar-refractivity contribution in [2.45, 2.75) is 171 Å². The number of carbonyl (C=O) groups is 10. The Morgan fingerprint density at radius 3 is 2.33 bits per heavy atom. The number of urea groups is 1. The van der Waals surface area contributed by atoms with Crippen LogP contribution in [-0.2, 0) is 70.3 Å². The largest absolute Gasteiger partial charge is 0.495 e. The zero-order valence-corrected chi connectivity index (χ0v) is 53.6. The van der Waals surface area contributed by atoms with E-state index in [0.29, 0.717) is 54.8 Å². The second-order valence-electron chi connectivity index (χ2n) is 23.3. The molecule has 3 unspecified atom stereocenters. The van der Waals surface area contributed by atoms with E-state index in [9.17, 15) is 47.9 Å². The number of epoxide rings is 1. The summed E-state index contributed by atoms with van der Waals surface area (Å²) in [6, 6.07) is 5.29. The molecular formula is C61H83AlClN9O16. The minimum absolute atomic E-state index is 0.0801. The molecule has 4 bridgehead atoms. The number of nitrogens with one attached hydrogen (secondary N) is 5. The van der Waals surface area contributed by atoms with E-state index < -0.39 is 107 Å². The summed E-state index contributed by atoms with van der Waals surface area (Å²) < 4.78 is 35.0. The van der Waals surface area contributed by atoms with Gasteiger partial charge in [-0.1, -0.05) is 74.7 Å². The average molecular weight is 1260 g/mol. The Kier molecular flexibility index (Phi) is 25.2. The van der Waals surface area contributed by atoms with Gasteiger partial charge in [-0.3, -0.25) is 38.6 Å². The number of unbranched alkanes of at least 4 members (excludes halogenated alkanes) is 2. The van der Waals surface area contributed by atoms with Crippen molar-refractivity contribution < 1.29 is 76.4 Å². The number of anilines is 2. The topological polar surface area (TPSA) is 325 Å². The number of methoxy groups -OCH3 is 2. The Hall–Kier alpha value is -7.24. The number of halogens is 1. The predicted octanol–water partition coefficient (Wildman–Crippen LogP) is 5.29. The Bertz CT molecular complexity index is 2970. The average Bonchev–Trinajstić information content (AvgIpc) is 2.02. The quantitative estimate of drug-likeness (QED) is 0.0205. The number of primary amides is 1. The van der Waals surface area contributed by atoms with Gasteiger partial charge in [0.1, 0.15) is 69.6 Å². The van der Waals surface area contributed by atoms with Crippen LogP contribution < -0.4 is 42.0 Å². The summed E-state index contributed by atoms with van der Waals surface area (Å²) in [5.74, 6) is -3.88. The number of imide groups is 1. The summed E-state index contributed by atoms with van der Waals surface area (Å²) >= 11 is 9.22. The van der Waals surface area contributed by atoms with Crippen LogP contribution in [0.25, 0.3) is 0 Å². The highest BCUT2D eigenvalue weighted by Crippen LogP contribution is 2.49. The number of carbonyl (C=O) groups excluding carboxylic acids is 10. The summed E-state index contributed by atoms with van der Waals surface area (Å²) in [6.07, 6.45) is 3.62. The van der Waals surface area contributed by atoms with E-state index in [0.717, 1.165) is 16.0 Å². The van der Waals surface area contributed by atoms with Gasteiger partial charge in [0.15, 0.2) is 0 Å². The maximum atomic E-state index is 14.4. The highest BCUT2D eigenvalue weighted by atomic mass is 35.5. The summed E-state index contributed by atoms with van der Waals surface area (Å²) in [5.41, 5.74) is 6.90. The van der Waals surface area contributed by atoms with Crippen LogP contribution >= 0.6 is 11.6 Å². The van der Waals surface area contributed by atoms with E-state index in [1.807, 2.05) is 32.1 Å². The maximum absolute atomic E-state index is 14.4. The lowest BCUT2D eigenvalue weighted by Gasteiger charge is -2.36. The normalized spacial score (nSPS) is 24.9. The monoisotopic (exact) mass is 1260 g/mol. The number of hydrogen-bond acceptors (Lipinski definition) is 16. The molecule has 0 spiro atoms. The van der Waals surface area contributed by atoms with Gasteiger partial charge in [0.25, 0.3) is 0 Å². The molecule has 4 heterocycles. The number of alkyl carbamates (subject to hydrolysis) is 1. The molecule has 0 aliphatic carbocycles. The molecule has 10 amide bonds. The van der Waals surface area contributed by atoms with Crippen molar-refractivity contribution in [3.63, 3.8) is 0 Å². The van der Waals surface area contributed by atoms with Gasteiger partial charge in [0.2, 0.25) is 35.4 Å². The van der Waals surface area contributed by atoms with Crippen LogP contribution in [0.3, 0.4) is 0 Å². The highest BCUT2D eigenvalue weighted by molar-refractivity contribution is 6.35. The number of ether oxygens (including phenoxy) is 6. The molecule has 2 radical (unpaired) electrons. The number of allylic oxidation sites excluding steroid dienone is 3. The highest BCUT2D eigenvalue weighted by Gasteiger charge is 2.64. The van der Waals surface area contributed by atoms with Crippen molar-refractivity contribution >= 4 is 98.9 Å². The van der Waals surface area contributed by atoms with Crippen LogP contribution in [0.1, 0.15) is 110 Å². The lowest BCUT2D eigenvalue weighted by atomic mass is 9.84. The van der Waals surface area contributed by atoms with E-state index in [1.165, 1.54) is 30.9 Å². The second-order valence-corrected chi connectivity index (χ2v) is 24.5. The van der Waals surface area contributed by atoms with Gasteiger partial charge in [0.05, 0.1) is 37.5 Å². The summed E-state index contributed by atoms with van der Waals surface area (Å²) in [6.45, 7) is 10.6. The zero-order valence-electron chi connectivity index (χ0n) is 51.6. The summed E-state index contributed by atoms with van der Waals surface area (Å²) in [5, 5.41) is 13.8. The van der Waals surface area contributed by atoms with Gasteiger partial charge in [-0.2, -0.15) is 0 Å². The van der Waals surface area contributed by atoms with Gasteiger partial charge in [0, 0.05) is 65.2 Å². The molecule has 2 aromatic carbocycles. The number of nitrogens with two attached hydrogens (primary N) is 1. The second kappa shape index (κ2) is 31.8. The first-order valence-electron chi connectivity index (χ1n) is 29.5. The molecule has 0 saturated carbocycles. The number of likely N-dealkylation sites (tertiary alicyclic amines) is 1. The number of fused-ring (bicyclic) bond motifs is 5. The van der Waals surface area contributed by atoms with Crippen LogP contribution in [-0.4, -0.2) is 181 Å². The first kappa shape index (κ1) is 69.9. The van der Waals surface area contributed by atoms with E-state index in [4.69, 9.17) is 45.8 Å². The standard InChI is InChI=1S/C61H83ClN9O16.Al/c1-34(2)53(68-48(72)19-12-11-13-27-71-49(73)24-25-50(71)74)56(77)66-41(17-15-26-64-58(63)79)55(76)65-40-22-20-38(21-23-40)33-84-60(81)69(7)37(5)57(78)86-47-32-51(75)70(8)43-29-39(30-46(83-10)52(43)62)28-35(3)16-14-18-44(82-9)42-31-45(85-59(80)67-42)36(4)54-61(47,6)87-54;/h14,16,18,20-24,29-30,34,36-37,41-42,44-45,47,53-54H,11-13,15,17,19,25-28,31-33H2,1-10H3,(H,65,76)(H,66,77)(H,67,80)(H,68,72)(H3,63,64,79);/b18-14+,35-16+;/t36-,37+,41+,42?,44?,45+,47+,53+,54+,61+;/m1./s1. The van der Waals surface area contributed by atoms with Crippen molar-refractivity contribution in [1.82, 2.24) is 31.1 Å². The van der Waals surface area contributed by atoms with Gasteiger partial charge in [-0.25, -0.2) is 19.2 Å². The van der Waals surface area contributed by atoms with E-state index in [1.54, 1.807) is 71.3 Å². The molecule has 3 fully saturated rings. The Balaban J connectivity index is 1.08. The molecule has 11 atom stereocenters. The fourth-order valence-electron chi connectivity index (χ4n) is 10.8. The van der Waals surface area contributed by atoms with E-state index in [-0.39, 0.29) is 80.5 Å². The first-order valence-corrected chi connectivity index (χ1v) is 30.6. The number of esters is 1. The molecular weight excluding hydrogens is 1180 g/mol. The van der Waals surface area contributed by atoms with Crippen LogP contribution in [0.5, 0.6) is 5.75 Å². The minimum Gasteiger partial charge on any atom is -0.495 e. The molecule has 4 aliphatic rings. The third kappa shape index (κ3) is 18.7. The number of hydrogen-bond donors (Lipinski definition) is 6. The molecule has 3 saturated heterocycles. The zero-order chi connectivity index (χ0) is 64.7. The molecule has 478 valence electrons. The van der Waals surface area contributed by atoms with Crippen LogP contribution in [0.15, 0.2) is 60.2 Å². The Morgan fingerprint density at radius 2 is 1.68 bits per heavy atom. The fraction of sp³-hybridized carbons (Fsp3) is 0.574. The number of rotatable bonds is 23. The SMILES string of the molecule is COc1cc2cc(c1Cl)N(C)C(=O)C[C@H](OC(=O)[C@H](C)N(C)C(=O)OCc1ccc(NC(=O)[C@H](CCCNC(N)=O)NC(=O)[C@@H](NC(=O)CCCCCN3C(=O)C[CH]([Al])C3=O)C(C)C)cc1)[C@]1(C)O[C@H]1[C@H](C)[C@@H]1CC(NC(=O)O1)C(OC)/C=C/C=C(\C)C2. The molecule has 6 rings (SSSR count). The number of likely N-dealkylation sites (N-methyl/N-ethyl adjacent to an activating group) is 1. The number of nitrogens with zero attached hydrogens (tertiary/aromatic N) is 3. The van der Waals surface area contributed by atoms with Crippen molar-refractivity contribution in [3.05, 3.63) is 76.3 Å².